The normalized spacial score (nSPS) is 12.4. The third-order valence-electron chi connectivity index (χ3n) is 2.67. The molecule has 2 rings (SSSR count). The van der Waals surface area contributed by atoms with Gasteiger partial charge in [-0.15, -0.1) is 0 Å². The molecule has 0 saturated heterocycles. The molecular weight excluding hydrogens is 254 g/mol. The van der Waals surface area contributed by atoms with Gasteiger partial charge in [-0.3, -0.25) is 0 Å². The summed E-state index contributed by atoms with van der Waals surface area (Å²) in [6.45, 7) is 6.11. The Morgan fingerprint density at radius 3 is 2.79 bits per heavy atom. The maximum Gasteiger partial charge on any atom is 0.105 e. The summed E-state index contributed by atoms with van der Waals surface area (Å²) < 4.78 is 0. The van der Waals surface area contributed by atoms with E-state index < -0.39 is 0 Å². The highest BCUT2D eigenvalue weighted by Crippen LogP contribution is 2.28. The number of aryl methyl sites for hydroxylation is 2. The zero-order valence-electron chi connectivity index (χ0n) is 11.6. The van der Waals surface area contributed by atoms with Crippen molar-refractivity contribution in [3.63, 3.8) is 0 Å². The fraction of sp³-hybridized carbons (Fsp3) is 0.333. The van der Waals surface area contributed by atoms with E-state index in [2.05, 4.69) is 35.1 Å². The monoisotopic (exact) mass is 273 g/mol. The number of hydrogen-bond donors (Lipinski definition) is 1. The Kier molecular flexibility index (Phi) is 4.56. The van der Waals surface area contributed by atoms with Gasteiger partial charge in [0.2, 0.25) is 0 Å². The first kappa shape index (κ1) is 14.0. The average molecular weight is 273 g/mol. The van der Waals surface area contributed by atoms with Crippen molar-refractivity contribution in [2.24, 2.45) is 5.73 Å². The van der Waals surface area contributed by atoms with Crippen LogP contribution >= 0.6 is 11.8 Å². The van der Waals surface area contributed by atoms with E-state index in [9.17, 15) is 0 Å². The van der Waals surface area contributed by atoms with Crippen LogP contribution < -0.4 is 5.73 Å². The standard InChI is InChI=1S/C15H19N3S/c1-10-7-12(3)18-14(8-10)19-15-13(9-11(2)16)5-4-6-17-15/h4-8,11H,9,16H2,1-3H3. The van der Waals surface area contributed by atoms with Gasteiger partial charge in [0.15, 0.2) is 0 Å². The molecule has 2 heterocycles. The van der Waals surface area contributed by atoms with Gasteiger partial charge in [-0.1, -0.05) is 6.07 Å². The van der Waals surface area contributed by atoms with Crippen LogP contribution in [0.3, 0.4) is 0 Å². The lowest BCUT2D eigenvalue weighted by Gasteiger charge is -2.10. The maximum absolute atomic E-state index is 5.88. The van der Waals surface area contributed by atoms with Gasteiger partial charge >= 0.3 is 0 Å². The highest BCUT2D eigenvalue weighted by atomic mass is 32.2. The molecular formula is C15H19N3S. The first-order valence-electron chi connectivity index (χ1n) is 6.37. The minimum absolute atomic E-state index is 0.135. The molecule has 0 amide bonds. The summed E-state index contributed by atoms with van der Waals surface area (Å²) >= 11 is 1.61. The van der Waals surface area contributed by atoms with Crippen molar-refractivity contribution in [1.29, 1.82) is 0 Å². The molecule has 2 aromatic rings. The molecule has 4 heteroatoms. The third kappa shape index (κ3) is 4.04. The van der Waals surface area contributed by atoms with Gasteiger partial charge in [0.25, 0.3) is 0 Å². The van der Waals surface area contributed by atoms with Gasteiger partial charge in [-0.05, 0) is 68.3 Å². The minimum atomic E-state index is 0.135. The summed E-state index contributed by atoms with van der Waals surface area (Å²) in [6, 6.07) is 8.33. The van der Waals surface area contributed by atoms with E-state index in [0.29, 0.717) is 0 Å². The van der Waals surface area contributed by atoms with Crippen molar-refractivity contribution in [3.05, 3.63) is 47.3 Å². The molecule has 0 spiro atoms. The zero-order chi connectivity index (χ0) is 13.8. The smallest absolute Gasteiger partial charge is 0.105 e. The van der Waals surface area contributed by atoms with E-state index >= 15 is 0 Å². The highest BCUT2D eigenvalue weighted by Gasteiger charge is 2.09. The van der Waals surface area contributed by atoms with Crippen LogP contribution in [0.4, 0.5) is 0 Å². The molecule has 0 radical (unpaired) electrons. The van der Waals surface area contributed by atoms with Crippen molar-refractivity contribution in [1.82, 2.24) is 9.97 Å². The van der Waals surface area contributed by atoms with Crippen molar-refractivity contribution >= 4 is 11.8 Å². The van der Waals surface area contributed by atoms with Crippen LogP contribution in [0.2, 0.25) is 0 Å². The molecule has 2 aromatic heterocycles. The third-order valence-corrected chi connectivity index (χ3v) is 3.65. The molecule has 1 atom stereocenters. The highest BCUT2D eigenvalue weighted by molar-refractivity contribution is 7.99. The van der Waals surface area contributed by atoms with E-state index in [1.54, 1.807) is 11.8 Å². The lowest BCUT2D eigenvalue weighted by atomic mass is 10.1. The maximum atomic E-state index is 5.88. The molecule has 0 bridgehead atoms. The van der Waals surface area contributed by atoms with Gasteiger partial charge in [0.05, 0.1) is 0 Å². The predicted molar refractivity (Wildman–Crippen MR) is 79.4 cm³/mol. The van der Waals surface area contributed by atoms with E-state index in [0.717, 1.165) is 22.2 Å². The van der Waals surface area contributed by atoms with Crippen LogP contribution in [0.1, 0.15) is 23.7 Å². The quantitative estimate of drug-likeness (QED) is 0.930. The molecule has 0 aliphatic heterocycles. The van der Waals surface area contributed by atoms with Crippen molar-refractivity contribution in [2.75, 3.05) is 0 Å². The van der Waals surface area contributed by atoms with Crippen LogP contribution in [-0.4, -0.2) is 16.0 Å². The summed E-state index contributed by atoms with van der Waals surface area (Å²) in [5.74, 6) is 0. The van der Waals surface area contributed by atoms with Crippen molar-refractivity contribution < 1.29 is 0 Å². The summed E-state index contributed by atoms with van der Waals surface area (Å²) in [5.41, 5.74) is 9.32. The molecule has 0 aliphatic carbocycles. The summed E-state index contributed by atoms with van der Waals surface area (Å²) in [6.07, 6.45) is 2.65. The van der Waals surface area contributed by atoms with Crippen molar-refractivity contribution in [3.8, 4) is 0 Å². The number of pyridine rings is 2. The topological polar surface area (TPSA) is 51.8 Å². The van der Waals surface area contributed by atoms with Crippen LogP contribution in [0.25, 0.3) is 0 Å². The molecule has 0 saturated carbocycles. The van der Waals surface area contributed by atoms with Gasteiger partial charge in [-0.25, -0.2) is 9.97 Å². The Bertz CT molecular complexity index is 547. The number of nitrogens with zero attached hydrogens (tertiary/aromatic N) is 2. The number of hydrogen-bond acceptors (Lipinski definition) is 4. The van der Waals surface area contributed by atoms with E-state index in [1.807, 2.05) is 26.1 Å². The molecule has 0 fully saturated rings. The second-order valence-corrected chi connectivity index (χ2v) is 5.88. The first-order valence-corrected chi connectivity index (χ1v) is 7.19. The minimum Gasteiger partial charge on any atom is -0.328 e. The predicted octanol–water partition coefficient (Wildman–Crippen LogP) is 3.13. The molecule has 0 aliphatic rings. The van der Waals surface area contributed by atoms with Gasteiger partial charge in [-0.2, -0.15) is 0 Å². The van der Waals surface area contributed by atoms with Crippen LogP contribution in [0.5, 0.6) is 0 Å². The van der Waals surface area contributed by atoms with Crippen LogP contribution in [-0.2, 0) is 6.42 Å². The Morgan fingerprint density at radius 1 is 1.32 bits per heavy atom. The van der Waals surface area contributed by atoms with Gasteiger partial charge in [0, 0.05) is 17.9 Å². The number of aromatic nitrogens is 2. The molecule has 0 aromatic carbocycles. The molecule has 2 N–H and O–H groups in total. The Morgan fingerprint density at radius 2 is 2.11 bits per heavy atom. The second kappa shape index (κ2) is 6.17. The van der Waals surface area contributed by atoms with Crippen molar-refractivity contribution in [2.45, 2.75) is 43.3 Å². The van der Waals surface area contributed by atoms with Gasteiger partial charge in [0.1, 0.15) is 10.1 Å². The molecule has 3 nitrogen and oxygen atoms in total. The summed E-state index contributed by atoms with van der Waals surface area (Å²) in [7, 11) is 0. The van der Waals surface area contributed by atoms with Gasteiger partial charge < -0.3 is 5.73 Å². The van der Waals surface area contributed by atoms with Crippen LogP contribution in [0.15, 0.2) is 40.5 Å². The molecule has 100 valence electrons. The van der Waals surface area contributed by atoms with Crippen LogP contribution in [0, 0.1) is 13.8 Å². The summed E-state index contributed by atoms with van der Waals surface area (Å²) in [4.78, 5) is 9.00. The molecule has 19 heavy (non-hydrogen) atoms. The average Bonchev–Trinajstić information content (AvgIpc) is 2.29. The lowest BCUT2D eigenvalue weighted by Crippen LogP contribution is -2.18. The largest absolute Gasteiger partial charge is 0.328 e. The Balaban J connectivity index is 2.27. The first-order chi connectivity index (χ1) is 9.04. The fourth-order valence-corrected chi connectivity index (χ4v) is 3.00. The van der Waals surface area contributed by atoms with E-state index in [1.165, 1.54) is 11.1 Å². The van der Waals surface area contributed by atoms with E-state index in [-0.39, 0.29) is 6.04 Å². The second-order valence-electron chi connectivity index (χ2n) is 4.88. The summed E-state index contributed by atoms with van der Waals surface area (Å²) in [5, 5.41) is 1.99. The van der Waals surface area contributed by atoms with E-state index in [4.69, 9.17) is 5.73 Å². The molecule has 1 unspecified atom stereocenters. The zero-order valence-corrected chi connectivity index (χ0v) is 12.4. The number of rotatable bonds is 4. The Labute approximate surface area is 118 Å². The number of nitrogens with two attached hydrogens (primary N) is 1. The Hall–Kier alpha value is -1.39. The fourth-order valence-electron chi connectivity index (χ4n) is 1.97. The SMILES string of the molecule is Cc1cc(C)nc(Sc2ncccc2CC(C)N)c1. The lowest BCUT2D eigenvalue weighted by molar-refractivity contribution is 0.722.